The number of rotatable bonds is 3. The maximum absolute atomic E-state index is 12.8. The third-order valence-corrected chi connectivity index (χ3v) is 6.16. The van der Waals surface area contributed by atoms with E-state index >= 15 is 0 Å². The van der Waals surface area contributed by atoms with Gasteiger partial charge in [0, 0.05) is 16.5 Å². The minimum Gasteiger partial charge on any atom is -0.490 e. The predicted octanol–water partition coefficient (Wildman–Crippen LogP) is 4.23. The molecule has 0 aliphatic heterocycles. The molecule has 0 atom stereocenters. The number of fused-ring (bicyclic) bond motifs is 3. The van der Waals surface area contributed by atoms with E-state index < -0.39 is 4.92 Å². The summed E-state index contributed by atoms with van der Waals surface area (Å²) in [6.07, 6.45) is 6.53. The van der Waals surface area contributed by atoms with Gasteiger partial charge < -0.3 is 9.72 Å². The predicted molar refractivity (Wildman–Crippen MR) is 105 cm³/mol. The number of nitrogens with one attached hydrogen (secondary N) is 1. The zero-order valence-corrected chi connectivity index (χ0v) is 15.7. The average Bonchev–Trinajstić information content (AvgIpc) is 2.98. The van der Waals surface area contributed by atoms with Crippen molar-refractivity contribution in [2.24, 2.45) is 0 Å². The Morgan fingerprint density at radius 3 is 2.74 bits per heavy atom. The molecule has 0 amide bonds. The highest BCUT2D eigenvalue weighted by atomic mass is 32.1. The van der Waals surface area contributed by atoms with Crippen molar-refractivity contribution in [2.45, 2.75) is 38.5 Å². The molecule has 2 aromatic heterocycles. The van der Waals surface area contributed by atoms with Crippen LogP contribution in [-0.2, 0) is 12.8 Å². The molecule has 0 radical (unpaired) electrons. The van der Waals surface area contributed by atoms with Crippen LogP contribution in [0.4, 0.5) is 5.69 Å². The van der Waals surface area contributed by atoms with Gasteiger partial charge in [-0.1, -0.05) is 12.8 Å². The number of nitro groups is 1. The van der Waals surface area contributed by atoms with Gasteiger partial charge in [-0.15, -0.1) is 11.3 Å². The van der Waals surface area contributed by atoms with E-state index in [2.05, 4.69) is 9.97 Å². The van der Waals surface area contributed by atoms with Crippen molar-refractivity contribution in [3.05, 3.63) is 49.1 Å². The number of hydrogen-bond donors (Lipinski definition) is 1. The van der Waals surface area contributed by atoms with Gasteiger partial charge >= 0.3 is 5.69 Å². The number of aryl methyl sites for hydroxylation is 2. The van der Waals surface area contributed by atoms with E-state index in [-0.39, 0.29) is 17.0 Å². The second-order valence-electron chi connectivity index (χ2n) is 6.66. The van der Waals surface area contributed by atoms with Crippen LogP contribution in [0, 0.1) is 10.1 Å². The summed E-state index contributed by atoms with van der Waals surface area (Å²) in [6, 6.07) is 4.57. The molecule has 2 heterocycles. The van der Waals surface area contributed by atoms with Gasteiger partial charge in [0.05, 0.1) is 17.4 Å². The van der Waals surface area contributed by atoms with E-state index in [1.165, 1.54) is 37.0 Å². The number of aromatic amines is 1. The van der Waals surface area contributed by atoms with Gasteiger partial charge in [0.25, 0.3) is 5.56 Å². The molecule has 0 spiro atoms. The number of ether oxygens (including phenoxy) is 1. The fourth-order valence-electron chi connectivity index (χ4n) is 3.63. The zero-order valence-electron chi connectivity index (χ0n) is 14.9. The summed E-state index contributed by atoms with van der Waals surface area (Å²) < 4.78 is 5.04. The molecule has 1 aromatic carbocycles. The normalized spacial score (nSPS) is 14.4. The van der Waals surface area contributed by atoms with Gasteiger partial charge in [0.1, 0.15) is 10.7 Å². The molecular formula is C19H19N3O4S. The average molecular weight is 385 g/mol. The lowest BCUT2D eigenvalue weighted by Gasteiger charge is -2.08. The fourth-order valence-corrected chi connectivity index (χ4v) is 4.90. The lowest BCUT2D eigenvalue weighted by atomic mass is 9.98. The Balaban J connectivity index is 1.86. The van der Waals surface area contributed by atoms with Crippen LogP contribution < -0.4 is 10.3 Å². The summed E-state index contributed by atoms with van der Waals surface area (Å²) >= 11 is 1.57. The Labute approximate surface area is 159 Å². The molecule has 140 valence electrons. The van der Waals surface area contributed by atoms with Crippen molar-refractivity contribution in [3.8, 4) is 17.1 Å². The van der Waals surface area contributed by atoms with Crippen molar-refractivity contribution < 1.29 is 9.66 Å². The number of aromatic nitrogens is 2. The van der Waals surface area contributed by atoms with Crippen LogP contribution in [0.15, 0.2) is 23.0 Å². The third-order valence-electron chi connectivity index (χ3n) is 4.97. The van der Waals surface area contributed by atoms with Gasteiger partial charge in [-0.05, 0) is 43.4 Å². The van der Waals surface area contributed by atoms with Crippen LogP contribution in [-0.4, -0.2) is 22.0 Å². The number of nitro benzene ring substituents is 1. The second-order valence-corrected chi connectivity index (χ2v) is 7.74. The molecular weight excluding hydrogens is 366 g/mol. The highest BCUT2D eigenvalue weighted by Gasteiger charge is 2.20. The molecule has 1 N–H and O–H groups in total. The summed E-state index contributed by atoms with van der Waals surface area (Å²) in [7, 11) is 1.38. The first-order valence-electron chi connectivity index (χ1n) is 8.96. The summed E-state index contributed by atoms with van der Waals surface area (Å²) in [4.78, 5) is 33.0. The van der Waals surface area contributed by atoms with Crippen LogP contribution in [0.3, 0.4) is 0 Å². The third kappa shape index (κ3) is 3.21. The molecule has 0 saturated heterocycles. The highest BCUT2D eigenvalue weighted by molar-refractivity contribution is 7.18. The Morgan fingerprint density at radius 1 is 1.22 bits per heavy atom. The van der Waals surface area contributed by atoms with Crippen molar-refractivity contribution in [3.63, 3.8) is 0 Å². The Hall–Kier alpha value is -2.74. The molecule has 27 heavy (non-hydrogen) atoms. The molecule has 7 nitrogen and oxygen atoms in total. The van der Waals surface area contributed by atoms with Gasteiger partial charge in [0.2, 0.25) is 0 Å². The summed E-state index contributed by atoms with van der Waals surface area (Å²) in [6.45, 7) is 0. The molecule has 0 unspecified atom stereocenters. The van der Waals surface area contributed by atoms with Crippen molar-refractivity contribution in [2.75, 3.05) is 7.11 Å². The number of thiophene rings is 1. The van der Waals surface area contributed by atoms with E-state index in [0.29, 0.717) is 21.6 Å². The standard InChI is InChI=1S/C19H19N3O4S/c1-26-14-9-8-11(10-13(14)22(24)25)17-20-18(23)16-12-6-4-2-3-5-7-15(12)27-19(16)21-17/h8-10H,2-7H2,1H3,(H,20,21,23). The van der Waals surface area contributed by atoms with Crippen molar-refractivity contribution in [1.82, 2.24) is 9.97 Å². The first-order valence-corrected chi connectivity index (χ1v) is 9.77. The van der Waals surface area contributed by atoms with E-state index in [4.69, 9.17) is 4.74 Å². The number of methoxy groups -OCH3 is 1. The van der Waals surface area contributed by atoms with E-state index in [9.17, 15) is 14.9 Å². The second kappa shape index (κ2) is 7.11. The van der Waals surface area contributed by atoms with Crippen molar-refractivity contribution in [1.29, 1.82) is 0 Å². The van der Waals surface area contributed by atoms with Crippen LogP contribution in [0.5, 0.6) is 5.75 Å². The molecule has 1 aliphatic rings. The molecule has 0 bridgehead atoms. The van der Waals surface area contributed by atoms with Crippen LogP contribution >= 0.6 is 11.3 Å². The van der Waals surface area contributed by atoms with E-state index in [1.54, 1.807) is 17.4 Å². The smallest absolute Gasteiger partial charge is 0.311 e. The molecule has 0 saturated carbocycles. The van der Waals surface area contributed by atoms with Gasteiger partial charge in [-0.25, -0.2) is 4.98 Å². The summed E-state index contributed by atoms with van der Waals surface area (Å²) in [5.74, 6) is 0.513. The lowest BCUT2D eigenvalue weighted by Crippen LogP contribution is -2.10. The van der Waals surface area contributed by atoms with E-state index in [1.807, 2.05) is 0 Å². The maximum atomic E-state index is 12.8. The van der Waals surface area contributed by atoms with Crippen molar-refractivity contribution >= 4 is 27.2 Å². The highest BCUT2D eigenvalue weighted by Crippen LogP contribution is 2.34. The first-order chi connectivity index (χ1) is 13.1. The SMILES string of the molecule is COc1ccc(-c2nc3sc4c(c3c(=O)[nH]2)CCCCCC4)cc1[N+](=O)[O-]. The van der Waals surface area contributed by atoms with Crippen LogP contribution in [0.1, 0.15) is 36.1 Å². The number of benzene rings is 1. The largest absolute Gasteiger partial charge is 0.490 e. The number of hydrogen-bond acceptors (Lipinski definition) is 6. The Morgan fingerprint density at radius 2 is 2.00 bits per heavy atom. The van der Waals surface area contributed by atoms with Gasteiger partial charge in [-0.3, -0.25) is 14.9 Å². The maximum Gasteiger partial charge on any atom is 0.311 e. The Kier molecular flexibility index (Phi) is 4.65. The Bertz CT molecular complexity index is 1090. The van der Waals surface area contributed by atoms with Crippen LogP contribution in [0.25, 0.3) is 21.6 Å². The molecule has 1 aliphatic carbocycles. The zero-order chi connectivity index (χ0) is 19.0. The van der Waals surface area contributed by atoms with Crippen LogP contribution in [0.2, 0.25) is 0 Å². The van der Waals surface area contributed by atoms with Gasteiger partial charge in [-0.2, -0.15) is 0 Å². The topological polar surface area (TPSA) is 98.1 Å². The lowest BCUT2D eigenvalue weighted by molar-refractivity contribution is -0.385. The number of nitrogens with zero attached hydrogens (tertiary/aromatic N) is 2. The molecule has 8 heteroatoms. The molecule has 4 rings (SSSR count). The minimum atomic E-state index is -0.504. The summed E-state index contributed by atoms with van der Waals surface area (Å²) in [5.41, 5.74) is 1.29. The fraction of sp³-hybridized carbons (Fsp3) is 0.368. The minimum absolute atomic E-state index is 0.156. The number of H-pyrrole nitrogens is 1. The van der Waals surface area contributed by atoms with E-state index in [0.717, 1.165) is 31.2 Å². The molecule has 0 fully saturated rings. The summed E-state index contributed by atoms with van der Waals surface area (Å²) in [5, 5.41) is 12.0. The van der Waals surface area contributed by atoms with Gasteiger partial charge in [0.15, 0.2) is 5.75 Å². The quantitative estimate of drug-likeness (QED) is 0.537. The monoisotopic (exact) mass is 385 g/mol. The molecule has 3 aromatic rings. The first kappa shape index (κ1) is 17.7.